The van der Waals surface area contributed by atoms with E-state index in [4.69, 9.17) is 5.73 Å². The fraction of sp³-hybridized carbons (Fsp3) is 0.273. The highest BCUT2D eigenvalue weighted by atomic mass is 16.6. The standard InChI is InChI=1S/C11H11N3O4/c1-2-18-10(15)5-3-4-8-6-9(14(16)17)11(12)13-7-8/h6-7H,2,5H2,1H3,(H2,12,13). The third-order valence-electron chi connectivity index (χ3n) is 1.86. The number of nitrogens with zero attached hydrogens (tertiary/aromatic N) is 2. The maximum Gasteiger partial charge on any atom is 0.317 e. The molecule has 0 fully saturated rings. The van der Waals surface area contributed by atoms with Gasteiger partial charge in [-0.3, -0.25) is 14.9 Å². The van der Waals surface area contributed by atoms with E-state index in [2.05, 4.69) is 21.6 Å². The summed E-state index contributed by atoms with van der Waals surface area (Å²) in [4.78, 5) is 24.6. The third kappa shape index (κ3) is 3.75. The van der Waals surface area contributed by atoms with E-state index in [9.17, 15) is 14.9 Å². The molecule has 0 bridgehead atoms. The van der Waals surface area contributed by atoms with Crippen LogP contribution in [0.1, 0.15) is 18.9 Å². The van der Waals surface area contributed by atoms with Gasteiger partial charge >= 0.3 is 11.7 Å². The first-order chi connectivity index (χ1) is 8.54. The molecule has 0 aliphatic carbocycles. The molecule has 0 atom stereocenters. The van der Waals surface area contributed by atoms with Gasteiger partial charge < -0.3 is 10.5 Å². The molecule has 0 saturated heterocycles. The predicted octanol–water partition coefficient (Wildman–Crippen LogP) is 0.877. The Morgan fingerprint density at radius 3 is 3.00 bits per heavy atom. The minimum Gasteiger partial charge on any atom is -0.465 e. The fourth-order valence-corrected chi connectivity index (χ4v) is 1.11. The summed E-state index contributed by atoms with van der Waals surface area (Å²) in [5.74, 6) is 4.51. The fourth-order valence-electron chi connectivity index (χ4n) is 1.11. The third-order valence-corrected chi connectivity index (χ3v) is 1.86. The quantitative estimate of drug-likeness (QED) is 0.368. The van der Waals surface area contributed by atoms with E-state index in [1.54, 1.807) is 6.92 Å². The second-order valence-corrected chi connectivity index (χ2v) is 3.17. The smallest absolute Gasteiger partial charge is 0.317 e. The van der Waals surface area contributed by atoms with Crippen LogP contribution in [0.25, 0.3) is 0 Å². The average Bonchev–Trinajstić information content (AvgIpc) is 2.31. The van der Waals surface area contributed by atoms with Crippen LogP contribution in [0.5, 0.6) is 0 Å². The Morgan fingerprint density at radius 1 is 1.67 bits per heavy atom. The van der Waals surface area contributed by atoms with Gasteiger partial charge in [0.2, 0.25) is 5.82 Å². The first-order valence-corrected chi connectivity index (χ1v) is 5.09. The summed E-state index contributed by atoms with van der Waals surface area (Å²) in [5, 5.41) is 10.6. The van der Waals surface area contributed by atoms with Gasteiger partial charge in [-0.15, -0.1) is 0 Å². The monoisotopic (exact) mass is 249 g/mol. The number of esters is 1. The van der Waals surface area contributed by atoms with E-state index in [0.29, 0.717) is 5.56 Å². The highest BCUT2D eigenvalue weighted by Gasteiger charge is 2.12. The van der Waals surface area contributed by atoms with Crippen molar-refractivity contribution in [1.82, 2.24) is 4.98 Å². The van der Waals surface area contributed by atoms with Crippen LogP contribution in [0.2, 0.25) is 0 Å². The zero-order chi connectivity index (χ0) is 13.5. The van der Waals surface area contributed by atoms with E-state index < -0.39 is 10.9 Å². The van der Waals surface area contributed by atoms with Crippen molar-refractivity contribution in [3.05, 3.63) is 27.9 Å². The Labute approximate surface area is 103 Å². The summed E-state index contributed by atoms with van der Waals surface area (Å²) < 4.78 is 4.68. The molecule has 18 heavy (non-hydrogen) atoms. The Balaban J connectivity index is 2.80. The van der Waals surface area contributed by atoms with E-state index in [1.165, 1.54) is 12.3 Å². The van der Waals surface area contributed by atoms with Crippen molar-refractivity contribution in [2.24, 2.45) is 0 Å². The highest BCUT2D eigenvalue weighted by Crippen LogP contribution is 2.18. The number of anilines is 1. The lowest BCUT2D eigenvalue weighted by Crippen LogP contribution is -2.01. The summed E-state index contributed by atoms with van der Waals surface area (Å²) in [6, 6.07) is 1.21. The van der Waals surface area contributed by atoms with Crippen LogP contribution in [0, 0.1) is 22.0 Å². The van der Waals surface area contributed by atoms with Gasteiger partial charge in [-0.2, -0.15) is 0 Å². The van der Waals surface area contributed by atoms with E-state index in [1.807, 2.05) is 0 Å². The zero-order valence-corrected chi connectivity index (χ0v) is 9.67. The molecule has 0 amide bonds. The largest absolute Gasteiger partial charge is 0.465 e. The number of pyridine rings is 1. The molecule has 7 nitrogen and oxygen atoms in total. The number of aromatic nitrogens is 1. The first-order valence-electron chi connectivity index (χ1n) is 5.09. The van der Waals surface area contributed by atoms with Gasteiger partial charge in [0.15, 0.2) is 0 Å². The Bertz CT molecular complexity index is 531. The van der Waals surface area contributed by atoms with Gasteiger partial charge in [0.05, 0.1) is 11.5 Å². The zero-order valence-electron chi connectivity index (χ0n) is 9.67. The van der Waals surface area contributed by atoms with Crippen molar-refractivity contribution in [3.63, 3.8) is 0 Å². The molecule has 94 valence electrons. The second kappa shape index (κ2) is 6.20. The van der Waals surface area contributed by atoms with E-state index in [-0.39, 0.29) is 24.5 Å². The minimum atomic E-state index is -0.640. The lowest BCUT2D eigenvalue weighted by molar-refractivity contribution is -0.384. The predicted molar refractivity (Wildman–Crippen MR) is 63.4 cm³/mol. The highest BCUT2D eigenvalue weighted by molar-refractivity contribution is 5.72. The van der Waals surface area contributed by atoms with Crippen LogP contribution in [-0.2, 0) is 9.53 Å². The van der Waals surface area contributed by atoms with Gasteiger partial charge in [-0.05, 0) is 6.92 Å². The summed E-state index contributed by atoms with van der Waals surface area (Å²) in [6.07, 6.45) is 1.23. The molecular weight excluding hydrogens is 238 g/mol. The number of hydrogen-bond donors (Lipinski definition) is 1. The number of carbonyl (C=O) groups excluding carboxylic acids is 1. The molecule has 0 radical (unpaired) electrons. The number of nitro groups is 1. The van der Waals surface area contributed by atoms with Gasteiger partial charge in [-0.25, -0.2) is 4.98 Å². The van der Waals surface area contributed by atoms with Gasteiger partial charge in [0.25, 0.3) is 0 Å². The maximum absolute atomic E-state index is 11.0. The lowest BCUT2D eigenvalue weighted by atomic mass is 10.2. The Morgan fingerprint density at radius 2 is 2.39 bits per heavy atom. The van der Waals surface area contributed by atoms with Crippen molar-refractivity contribution >= 4 is 17.5 Å². The average molecular weight is 249 g/mol. The van der Waals surface area contributed by atoms with Crippen LogP contribution in [-0.4, -0.2) is 22.5 Å². The summed E-state index contributed by atoms with van der Waals surface area (Å²) >= 11 is 0. The molecule has 0 aliphatic heterocycles. The Hall–Kier alpha value is -2.62. The van der Waals surface area contributed by atoms with E-state index in [0.717, 1.165) is 0 Å². The van der Waals surface area contributed by atoms with Crippen molar-refractivity contribution in [1.29, 1.82) is 0 Å². The SMILES string of the molecule is CCOC(=O)CC#Cc1cnc(N)c([N+](=O)[O-])c1. The maximum atomic E-state index is 11.0. The topological polar surface area (TPSA) is 108 Å². The molecule has 0 aliphatic rings. The molecule has 1 aromatic rings. The minimum absolute atomic E-state index is 0.0774. The second-order valence-electron chi connectivity index (χ2n) is 3.17. The molecule has 1 rings (SSSR count). The van der Waals surface area contributed by atoms with Crippen LogP contribution in [0.15, 0.2) is 12.3 Å². The molecule has 0 saturated carbocycles. The number of hydrogen-bond acceptors (Lipinski definition) is 6. The lowest BCUT2D eigenvalue weighted by Gasteiger charge is -1.96. The van der Waals surface area contributed by atoms with Gasteiger partial charge in [-0.1, -0.05) is 11.8 Å². The van der Waals surface area contributed by atoms with E-state index >= 15 is 0 Å². The van der Waals surface area contributed by atoms with Crippen molar-refractivity contribution in [2.75, 3.05) is 12.3 Å². The molecule has 2 N–H and O–H groups in total. The summed E-state index contributed by atoms with van der Waals surface area (Å²) in [5.41, 5.74) is 5.34. The number of rotatable bonds is 3. The van der Waals surface area contributed by atoms with Crippen LogP contribution in [0.3, 0.4) is 0 Å². The van der Waals surface area contributed by atoms with Crippen LogP contribution < -0.4 is 5.73 Å². The molecule has 7 heteroatoms. The number of nitrogen functional groups attached to an aromatic ring is 1. The van der Waals surface area contributed by atoms with Crippen molar-refractivity contribution in [3.8, 4) is 11.8 Å². The van der Waals surface area contributed by atoms with Crippen molar-refractivity contribution < 1.29 is 14.5 Å². The first kappa shape index (κ1) is 13.4. The molecular formula is C11H11N3O4. The van der Waals surface area contributed by atoms with Crippen molar-refractivity contribution in [2.45, 2.75) is 13.3 Å². The number of nitrogens with two attached hydrogens (primary N) is 1. The molecule has 0 unspecified atom stereocenters. The number of carbonyl (C=O) groups is 1. The van der Waals surface area contributed by atoms with Gasteiger partial charge in [0.1, 0.15) is 6.42 Å². The molecule has 0 aromatic carbocycles. The molecule has 1 aromatic heterocycles. The normalized spacial score (nSPS) is 9.17. The van der Waals surface area contributed by atoms with Gasteiger partial charge in [0, 0.05) is 17.8 Å². The summed E-state index contributed by atoms with van der Waals surface area (Å²) in [7, 11) is 0. The Kier molecular flexibility index (Phi) is 4.63. The summed E-state index contributed by atoms with van der Waals surface area (Å²) in [6.45, 7) is 1.98. The molecule has 0 spiro atoms. The van der Waals surface area contributed by atoms with Crippen LogP contribution in [0.4, 0.5) is 11.5 Å². The number of ether oxygens (including phenoxy) is 1. The van der Waals surface area contributed by atoms with Crippen LogP contribution >= 0.6 is 0 Å². The molecule has 1 heterocycles.